The third-order valence-electron chi connectivity index (χ3n) is 3.83. The molecule has 0 aliphatic heterocycles. The molecule has 0 atom stereocenters. The van der Waals surface area contributed by atoms with Crippen molar-refractivity contribution in [3.05, 3.63) is 34.9 Å². The molecule has 0 aromatic rings. The van der Waals surface area contributed by atoms with Crippen LogP contribution in [-0.4, -0.2) is 25.5 Å². The van der Waals surface area contributed by atoms with Crippen molar-refractivity contribution in [2.24, 2.45) is 5.41 Å². The molecule has 18 heavy (non-hydrogen) atoms. The first kappa shape index (κ1) is 15.2. The van der Waals surface area contributed by atoms with Gasteiger partial charge in [0, 0.05) is 6.54 Å². The smallest absolute Gasteiger partial charge is 0.0162 e. The third-order valence-corrected chi connectivity index (χ3v) is 3.83. The van der Waals surface area contributed by atoms with E-state index in [1.807, 2.05) is 0 Å². The van der Waals surface area contributed by atoms with Gasteiger partial charge in [0.25, 0.3) is 0 Å². The van der Waals surface area contributed by atoms with E-state index in [0.29, 0.717) is 5.41 Å². The van der Waals surface area contributed by atoms with Gasteiger partial charge >= 0.3 is 0 Å². The van der Waals surface area contributed by atoms with E-state index in [1.54, 1.807) is 11.1 Å². The first-order chi connectivity index (χ1) is 8.33. The maximum atomic E-state index is 2.37. The Morgan fingerprint density at radius 1 is 1.33 bits per heavy atom. The molecule has 0 unspecified atom stereocenters. The van der Waals surface area contributed by atoms with Crippen LogP contribution in [0.15, 0.2) is 34.9 Å². The van der Waals surface area contributed by atoms with Gasteiger partial charge in [0.05, 0.1) is 0 Å². The molecule has 1 nitrogen and oxygen atoms in total. The third kappa shape index (κ3) is 4.45. The lowest BCUT2D eigenvalue weighted by Gasteiger charge is -2.32. The minimum Gasteiger partial charge on any atom is -0.306 e. The lowest BCUT2D eigenvalue weighted by molar-refractivity contribution is 0.377. The monoisotopic (exact) mass is 247 g/mol. The number of nitrogens with zero attached hydrogens (tertiary/aromatic N) is 1. The molecule has 0 aromatic carbocycles. The molecule has 0 saturated carbocycles. The zero-order chi connectivity index (χ0) is 13.8. The van der Waals surface area contributed by atoms with Crippen molar-refractivity contribution in [1.82, 2.24) is 4.90 Å². The van der Waals surface area contributed by atoms with E-state index < -0.39 is 0 Å². The van der Waals surface area contributed by atoms with E-state index in [-0.39, 0.29) is 0 Å². The van der Waals surface area contributed by atoms with Crippen LogP contribution >= 0.6 is 0 Å². The number of hydrogen-bond donors (Lipinski definition) is 0. The minimum atomic E-state index is 0.348. The fourth-order valence-corrected chi connectivity index (χ4v) is 2.62. The molecule has 1 aliphatic rings. The quantitative estimate of drug-likeness (QED) is 0.657. The second-order valence-electron chi connectivity index (χ2n) is 6.48. The van der Waals surface area contributed by atoms with Crippen LogP contribution < -0.4 is 0 Å². The minimum absolute atomic E-state index is 0.348. The Kier molecular flexibility index (Phi) is 5.40. The molecular weight excluding hydrogens is 218 g/mol. The molecule has 102 valence electrons. The molecule has 0 N–H and O–H groups in total. The predicted octanol–water partition coefficient (Wildman–Crippen LogP) is 4.58. The Balaban J connectivity index is 2.79. The molecule has 1 heteroatoms. The lowest BCUT2D eigenvalue weighted by Crippen LogP contribution is -2.19. The zero-order valence-electron chi connectivity index (χ0n) is 13.0. The highest BCUT2D eigenvalue weighted by molar-refractivity contribution is 5.35. The number of rotatable bonds is 4. The van der Waals surface area contributed by atoms with Gasteiger partial charge in [0.2, 0.25) is 0 Å². The first-order valence-electron chi connectivity index (χ1n) is 7.03. The largest absolute Gasteiger partial charge is 0.306 e. The highest BCUT2D eigenvalue weighted by Crippen LogP contribution is 2.40. The second kappa shape index (κ2) is 6.38. The highest BCUT2D eigenvalue weighted by Gasteiger charge is 2.26. The predicted molar refractivity (Wildman–Crippen MR) is 81.8 cm³/mol. The van der Waals surface area contributed by atoms with E-state index in [0.717, 1.165) is 6.54 Å². The van der Waals surface area contributed by atoms with Crippen LogP contribution in [0.25, 0.3) is 0 Å². The molecule has 0 radical (unpaired) electrons. The van der Waals surface area contributed by atoms with Crippen LogP contribution in [0, 0.1) is 5.41 Å². The lowest BCUT2D eigenvalue weighted by atomic mass is 9.72. The standard InChI is InChI=1S/C17H29N/c1-14(11-13-18(5)6)9-10-16-15(2)8-7-12-17(16,3)4/h9-11H,7-8,12-13H2,1-6H3/b10-9+,14-11+. The molecular formula is C17H29N. The number of likely N-dealkylation sites (N-methyl/N-ethyl adjacent to an activating group) is 1. The van der Waals surface area contributed by atoms with Crippen molar-refractivity contribution in [2.45, 2.75) is 47.0 Å². The Morgan fingerprint density at radius 2 is 2.00 bits per heavy atom. The van der Waals surface area contributed by atoms with Gasteiger partial charge in [-0.3, -0.25) is 0 Å². The Bertz CT molecular complexity index is 367. The van der Waals surface area contributed by atoms with Crippen LogP contribution in [0.5, 0.6) is 0 Å². The van der Waals surface area contributed by atoms with Gasteiger partial charge in [-0.1, -0.05) is 43.2 Å². The Hall–Kier alpha value is -0.820. The molecule has 0 bridgehead atoms. The van der Waals surface area contributed by atoms with E-state index in [9.17, 15) is 0 Å². The normalized spacial score (nSPS) is 21.2. The van der Waals surface area contributed by atoms with Gasteiger partial charge < -0.3 is 4.90 Å². The summed E-state index contributed by atoms with van der Waals surface area (Å²) in [5.41, 5.74) is 4.82. The topological polar surface area (TPSA) is 3.24 Å². The van der Waals surface area contributed by atoms with E-state index >= 15 is 0 Å². The summed E-state index contributed by atoms with van der Waals surface area (Å²) in [5, 5.41) is 0. The highest BCUT2D eigenvalue weighted by atomic mass is 15.0. The number of allylic oxidation sites excluding steroid dienone is 5. The molecule has 0 spiro atoms. The Labute approximate surface area is 113 Å². The second-order valence-corrected chi connectivity index (χ2v) is 6.48. The maximum absolute atomic E-state index is 2.37. The molecule has 1 rings (SSSR count). The van der Waals surface area contributed by atoms with Gasteiger partial charge in [-0.2, -0.15) is 0 Å². The van der Waals surface area contributed by atoms with Gasteiger partial charge in [-0.25, -0.2) is 0 Å². The Morgan fingerprint density at radius 3 is 2.56 bits per heavy atom. The van der Waals surface area contributed by atoms with Crippen LogP contribution in [0.4, 0.5) is 0 Å². The van der Waals surface area contributed by atoms with Crippen molar-refractivity contribution in [3.63, 3.8) is 0 Å². The zero-order valence-corrected chi connectivity index (χ0v) is 13.0. The van der Waals surface area contributed by atoms with Gasteiger partial charge in [-0.05, 0) is 58.2 Å². The first-order valence-corrected chi connectivity index (χ1v) is 7.03. The summed E-state index contributed by atoms with van der Waals surface area (Å²) < 4.78 is 0. The van der Waals surface area contributed by atoms with Gasteiger partial charge in [0.1, 0.15) is 0 Å². The van der Waals surface area contributed by atoms with Crippen molar-refractivity contribution in [1.29, 1.82) is 0 Å². The molecule has 0 fully saturated rings. The average Bonchev–Trinajstić information content (AvgIpc) is 2.24. The van der Waals surface area contributed by atoms with Crippen LogP contribution in [0.1, 0.15) is 47.0 Å². The van der Waals surface area contributed by atoms with Crippen molar-refractivity contribution < 1.29 is 0 Å². The summed E-state index contributed by atoms with van der Waals surface area (Å²) >= 11 is 0. The van der Waals surface area contributed by atoms with Crippen molar-refractivity contribution in [3.8, 4) is 0 Å². The molecule has 1 aliphatic carbocycles. The van der Waals surface area contributed by atoms with Crippen molar-refractivity contribution in [2.75, 3.05) is 20.6 Å². The summed E-state index contributed by atoms with van der Waals surface area (Å²) in [6.07, 6.45) is 10.8. The summed E-state index contributed by atoms with van der Waals surface area (Å²) in [7, 11) is 4.20. The average molecular weight is 247 g/mol. The fourth-order valence-electron chi connectivity index (χ4n) is 2.62. The molecule has 0 saturated heterocycles. The van der Waals surface area contributed by atoms with Crippen LogP contribution in [0.3, 0.4) is 0 Å². The fraction of sp³-hybridized carbons (Fsp3) is 0.647. The van der Waals surface area contributed by atoms with Crippen molar-refractivity contribution >= 4 is 0 Å². The van der Waals surface area contributed by atoms with E-state index in [2.05, 4.69) is 64.9 Å². The molecule has 0 aromatic heterocycles. The van der Waals surface area contributed by atoms with E-state index in [4.69, 9.17) is 0 Å². The summed E-state index contributed by atoms with van der Waals surface area (Å²) in [4.78, 5) is 2.19. The molecule has 0 heterocycles. The summed E-state index contributed by atoms with van der Waals surface area (Å²) in [5.74, 6) is 0. The van der Waals surface area contributed by atoms with Gasteiger partial charge in [-0.15, -0.1) is 0 Å². The summed E-state index contributed by atoms with van der Waals surface area (Å²) in [6, 6.07) is 0. The SMILES string of the molecule is CC1=C(/C=C/C(C)=C/CN(C)C)C(C)(C)CCC1. The maximum Gasteiger partial charge on any atom is 0.0162 e. The van der Waals surface area contributed by atoms with Gasteiger partial charge in [0.15, 0.2) is 0 Å². The van der Waals surface area contributed by atoms with Crippen LogP contribution in [-0.2, 0) is 0 Å². The number of hydrogen-bond acceptors (Lipinski definition) is 1. The van der Waals surface area contributed by atoms with Crippen LogP contribution in [0.2, 0.25) is 0 Å². The molecule has 0 amide bonds. The van der Waals surface area contributed by atoms with E-state index in [1.165, 1.54) is 24.8 Å². The summed E-state index contributed by atoms with van der Waals surface area (Å²) in [6.45, 7) is 10.2.